The SMILES string of the molecule is CC=CC.Nc1cnn(CCOC2CCCCO2)c1. The summed E-state index contributed by atoms with van der Waals surface area (Å²) in [6, 6.07) is 0. The summed E-state index contributed by atoms with van der Waals surface area (Å²) in [5.74, 6) is 0. The van der Waals surface area contributed by atoms with Gasteiger partial charge in [-0.2, -0.15) is 5.10 Å². The van der Waals surface area contributed by atoms with Crippen molar-refractivity contribution < 1.29 is 9.47 Å². The third kappa shape index (κ3) is 6.98. The maximum atomic E-state index is 5.57. The van der Waals surface area contributed by atoms with Crippen LogP contribution < -0.4 is 5.73 Å². The average molecular weight is 267 g/mol. The molecule has 19 heavy (non-hydrogen) atoms. The summed E-state index contributed by atoms with van der Waals surface area (Å²) in [5, 5.41) is 4.07. The summed E-state index contributed by atoms with van der Waals surface area (Å²) in [6.45, 7) is 6.15. The first-order valence-corrected chi connectivity index (χ1v) is 6.84. The van der Waals surface area contributed by atoms with Crippen LogP contribution in [0.25, 0.3) is 0 Å². The molecule has 2 N–H and O–H groups in total. The molecule has 2 heterocycles. The summed E-state index contributed by atoms with van der Waals surface area (Å²) < 4.78 is 12.8. The van der Waals surface area contributed by atoms with Gasteiger partial charge >= 0.3 is 0 Å². The van der Waals surface area contributed by atoms with E-state index in [4.69, 9.17) is 15.2 Å². The van der Waals surface area contributed by atoms with E-state index < -0.39 is 0 Å². The van der Waals surface area contributed by atoms with Crippen molar-refractivity contribution in [1.29, 1.82) is 0 Å². The molecule has 1 aromatic rings. The number of nitrogens with two attached hydrogens (primary N) is 1. The number of nitrogen functional groups attached to an aromatic ring is 1. The van der Waals surface area contributed by atoms with E-state index in [2.05, 4.69) is 5.10 Å². The third-order valence-electron chi connectivity index (χ3n) is 2.75. The van der Waals surface area contributed by atoms with Crippen molar-refractivity contribution in [2.45, 2.75) is 45.9 Å². The van der Waals surface area contributed by atoms with Crippen molar-refractivity contribution in [3.05, 3.63) is 24.5 Å². The molecule has 0 amide bonds. The molecule has 108 valence electrons. The molecule has 1 aromatic heterocycles. The van der Waals surface area contributed by atoms with E-state index in [1.807, 2.05) is 26.0 Å². The van der Waals surface area contributed by atoms with Crippen LogP contribution in [0.2, 0.25) is 0 Å². The highest BCUT2D eigenvalue weighted by molar-refractivity contribution is 5.30. The minimum absolute atomic E-state index is 0.0216. The number of allylic oxidation sites excluding steroid dienone is 2. The van der Waals surface area contributed by atoms with Crippen LogP contribution in [0.15, 0.2) is 24.5 Å². The highest BCUT2D eigenvalue weighted by Gasteiger charge is 2.13. The second-order valence-corrected chi connectivity index (χ2v) is 4.37. The highest BCUT2D eigenvalue weighted by atomic mass is 16.7. The lowest BCUT2D eigenvalue weighted by Gasteiger charge is -2.22. The zero-order chi connectivity index (χ0) is 13.9. The maximum Gasteiger partial charge on any atom is 0.157 e. The number of aromatic nitrogens is 2. The van der Waals surface area contributed by atoms with Crippen LogP contribution in [0, 0.1) is 0 Å². The van der Waals surface area contributed by atoms with Crippen LogP contribution in [0.4, 0.5) is 5.69 Å². The summed E-state index contributed by atoms with van der Waals surface area (Å²) in [6.07, 6.45) is 10.8. The first kappa shape index (κ1) is 15.7. The maximum absolute atomic E-state index is 5.57. The number of hydrogen-bond donors (Lipinski definition) is 1. The van der Waals surface area contributed by atoms with Crippen molar-refractivity contribution in [3.8, 4) is 0 Å². The van der Waals surface area contributed by atoms with Gasteiger partial charge in [-0.3, -0.25) is 4.68 Å². The van der Waals surface area contributed by atoms with Gasteiger partial charge in [-0.25, -0.2) is 0 Å². The van der Waals surface area contributed by atoms with Crippen LogP contribution in [0.1, 0.15) is 33.1 Å². The van der Waals surface area contributed by atoms with Gasteiger partial charge < -0.3 is 15.2 Å². The molecule has 1 saturated heterocycles. The quantitative estimate of drug-likeness (QED) is 0.852. The fourth-order valence-electron chi connectivity index (χ4n) is 1.62. The van der Waals surface area contributed by atoms with Crippen molar-refractivity contribution in [3.63, 3.8) is 0 Å². The van der Waals surface area contributed by atoms with Gasteiger partial charge in [-0.15, -0.1) is 0 Å². The second kappa shape index (κ2) is 9.58. The molecule has 1 atom stereocenters. The average Bonchev–Trinajstić information content (AvgIpc) is 2.86. The predicted octanol–water partition coefficient (Wildman–Crippen LogP) is 2.59. The highest BCUT2D eigenvalue weighted by Crippen LogP contribution is 2.13. The molecular weight excluding hydrogens is 242 g/mol. The lowest BCUT2D eigenvalue weighted by Crippen LogP contribution is -2.24. The van der Waals surface area contributed by atoms with Gasteiger partial charge in [0.1, 0.15) is 0 Å². The zero-order valence-electron chi connectivity index (χ0n) is 11.9. The van der Waals surface area contributed by atoms with E-state index in [0.717, 1.165) is 26.0 Å². The van der Waals surface area contributed by atoms with Gasteiger partial charge in [-0.1, -0.05) is 12.2 Å². The van der Waals surface area contributed by atoms with Gasteiger partial charge in [0, 0.05) is 12.8 Å². The number of rotatable bonds is 4. The smallest absolute Gasteiger partial charge is 0.157 e. The van der Waals surface area contributed by atoms with Crippen molar-refractivity contribution in [1.82, 2.24) is 9.78 Å². The van der Waals surface area contributed by atoms with Crippen molar-refractivity contribution in [2.24, 2.45) is 0 Å². The zero-order valence-corrected chi connectivity index (χ0v) is 11.9. The topological polar surface area (TPSA) is 62.3 Å². The predicted molar refractivity (Wildman–Crippen MR) is 76.7 cm³/mol. The second-order valence-electron chi connectivity index (χ2n) is 4.37. The molecule has 0 spiro atoms. The molecule has 1 unspecified atom stereocenters. The molecule has 0 saturated carbocycles. The molecule has 1 aliphatic rings. The molecule has 5 heteroatoms. The fraction of sp³-hybridized carbons (Fsp3) is 0.643. The van der Waals surface area contributed by atoms with Crippen LogP contribution in [0.5, 0.6) is 0 Å². The molecular formula is C14H25N3O2. The molecule has 0 aromatic carbocycles. The lowest BCUT2D eigenvalue weighted by atomic mass is 10.2. The Bertz CT molecular complexity index is 353. The summed E-state index contributed by atoms with van der Waals surface area (Å²) in [5.41, 5.74) is 6.23. The fourth-order valence-corrected chi connectivity index (χ4v) is 1.62. The van der Waals surface area contributed by atoms with E-state index in [0.29, 0.717) is 12.3 Å². The molecule has 2 rings (SSSR count). The Balaban J connectivity index is 0.000000399. The van der Waals surface area contributed by atoms with Crippen LogP contribution >= 0.6 is 0 Å². The largest absolute Gasteiger partial charge is 0.396 e. The number of anilines is 1. The van der Waals surface area contributed by atoms with Crippen molar-refractivity contribution in [2.75, 3.05) is 18.9 Å². The number of ether oxygens (including phenoxy) is 2. The molecule has 0 bridgehead atoms. The molecule has 0 aliphatic carbocycles. The number of hydrogen-bond acceptors (Lipinski definition) is 4. The summed E-state index contributed by atoms with van der Waals surface area (Å²) in [4.78, 5) is 0. The van der Waals surface area contributed by atoms with Gasteiger partial charge in [0.05, 0.1) is 25.0 Å². The standard InChI is InChI=1S/C10H17N3O2.C4H8/c11-9-7-12-13(8-9)4-6-15-10-3-1-2-5-14-10;1-3-4-2/h7-8,10H,1-6,11H2;3-4H,1-2H3. The molecule has 1 aliphatic heterocycles. The van der Waals surface area contributed by atoms with Crippen molar-refractivity contribution >= 4 is 5.69 Å². The van der Waals surface area contributed by atoms with Gasteiger partial charge in [0.2, 0.25) is 0 Å². The Morgan fingerprint density at radius 1 is 1.47 bits per heavy atom. The Labute approximate surface area is 115 Å². The van der Waals surface area contributed by atoms with E-state index in [1.165, 1.54) is 6.42 Å². The Morgan fingerprint density at radius 3 is 2.79 bits per heavy atom. The summed E-state index contributed by atoms with van der Waals surface area (Å²) in [7, 11) is 0. The first-order valence-electron chi connectivity index (χ1n) is 6.84. The van der Waals surface area contributed by atoms with Gasteiger partial charge in [0.15, 0.2) is 6.29 Å². The molecule has 1 fully saturated rings. The third-order valence-corrected chi connectivity index (χ3v) is 2.75. The number of nitrogens with zero attached hydrogens (tertiary/aromatic N) is 2. The Hall–Kier alpha value is -1.33. The molecule has 5 nitrogen and oxygen atoms in total. The minimum Gasteiger partial charge on any atom is -0.396 e. The van der Waals surface area contributed by atoms with Crippen LogP contribution in [-0.4, -0.2) is 29.3 Å². The minimum atomic E-state index is -0.0216. The van der Waals surface area contributed by atoms with Gasteiger partial charge in [-0.05, 0) is 33.1 Å². The van der Waals surface area contributed by atoms with E-state index in [1.54, 1.807) is 17.1 Å². The monoisotopic (exact) mass is 267 g/mol. The van der Waals surface area contributed by atoms with E-state index in [9.17, 15) is 0 Å². The first-order chi connectivity index (χ1) is 9.26. The molecule has 0 radical (unpaired) electrons. The van der Waals surface area contributed by atoms with E-state index in [-0.39, 0.29) is 6.29 Å². The van der Waals surface area contributed by atoms with Gasteiger partial charge in [0.25, 0.3) is 0 Å². The normalized spacial score (nSPS) is 19.2. The van der Waals surface area contributed by atoms with Crippen LogP contribution in [0.3, 0.4) is 0 Å². The van der Waals surface area contributed by atoms with Crippen LogP contribution in [-0.2, 0) is 16.0 Å². The Kier molecular flexibility index (Phi) is 7.93. The Morgan fingerprint density at radius 2 is 2.26 bits per heavy atom. The van der Waals surface area contributed by atoms with E-state index >= 15 is 0 Å². The lowest BCUT2D eigenvalue weighted by molar-refractivity contribution is -0.163. The summed E-state index contributed by atoms with van der Waals surface area (Å²) >= 11 is 0.